The number of amides is 1. The summed E-state index contributed by atoms with van der Waals surface area (Å²) in [6.07, 6.45) is 1.77. The average molecular weight is 305 g/mol. The number of hydrogen-bond donors (Lipinski definition) is 2. The van der Waals surface area contributed by atoms with Crippen LogP contribution in [0, 0.1) is 7.43 Å². The minimum atomic E-state index is -0.212. The molecule has 1 radical (unpaired) electrons. The number of hydrogen-bond acceptors (Lipinski definition) is 2. The maximum Gasteiger partial charge on any atom is 0.205 e. The molecule has 0 spiro atoms. The number of nitrogens with one attached hydrogen (secondary N) is 2. The molecule has 0 atom stereocenters. The molecule has 0 fully saturated rings. The van der Waals surface area contributed by atoms with Gasteiger partial charge >= 0.3 is 0 Å². The molecule has 2 N–H and O–H groups in total. The SMILES string of the molecule is CC(=O)Nc1c([C-]=O)[nH]c2ccccc12.[CH3-].[Y]. The van der Waals surface area contributed by atoms with Crippen molar-refractivity contribution in [2.24, 2.45) is 0 Å². The van der Waals surface area contributed by atoms with E-state index in [1.807, 2.05) is 24.3 Å². The summed E-state index contributed by atoms with van der Waals surface area (Å²) < 4.78 is 0. The van der Waals surface area contributed by atoms with E-state index in [1.54, 1.807) is 6.29 Å². The molecular weight excluding hydrogens is 293 g/mol. The third-order valence-electron chi connectivity index (χ3n) is 2.11. The van der Waals surface area contributed by atoms with Gasteiger partial charge in [-0.25, -0.2) is 0 Å². The quantitative estimate of drug-likeness (QED) is 0.834. The maximum atomic E-state index is 11.0. The Hall–Kier alpha value is -0.996. The number of aromatic amines is 1. The van der Waals surface area contributed by atoms with E-state index in [9.17, 15) is 9.59 Å². The Morgan fingerprint density at radius 2 is 2.00 bits per heavy atom. The summed E-state index contributed by atoms with van der Waals surface area (Å²) >= 11 is 0. The van der Waals surface area contributed by atoms with E-state index in [1.165, 1.54) is 6.92 Å². The summed E-state index contributed by atoms with van der Waals surface area (Å²) in [4.78, 5) is 24.5. The molecule has 1 aromatic heterocycles. The van der Waals surface area contributed by atoms with Gasteiger partial charge in [-0.3, -0.25) is 4.79 Å². The first-order valence-electron chi connectivity index (χ1n) is 4.49. The van der Waals surface area contributed by atoms with Gasteiger partial charge in [-0.2, -0.15) is 0 Å². The summed E-state index contributed by atoms with van der Waals surface area (Å²) in [6, 6.07) is 7.36. The van der Waals surface area contributed by atoms with Crippen molar-refractivity contribution in [1.82, 2.24) is 4.98 Å². The van der Waals surface area contributed by atoms with Crippen LogP contribution in [0.3, 0.4) is 0 Å². The molecule has 0 saturated carbocycles. The molecule has 4 nitrogen and oxygen atoms in total. The number of fused-ring (bicyclic) bond motifs is 1. The topological polar surface area (TPSA) is 62.0 Å². The number of anilines is 1. The molecule has 0 aliphatic carbocycles. The number of benzene rings is 1. The smallest absolute Gasteiger partial charge is 0.205 e. The zero-order valence-electron chi connectivity index (χ0n) is 9.70. The molecular formula is C12H12N2O2Y-2. The van der Waals surface area contributed by atoms with Gasteiger partial charge in [0.1, 0.15) is 0 Å². The molecule has 0 bridgehead atoms. The predicted molar refractivity (Wildman–Crippen MR) is 63.8 cm³/mol. The fourth-order valence-electron chi connectivity index (χ4n) is 1.52. The van der Waals surface area contributed by atoms with Crippen molar-refractivity contribution in [2.75, 3.05) is 5.32 Å². The van der Waals surface area contributed by atoms with Crippen molar-refractivity contribution in [3.05, 3.63) is 37.4 Å². The monoisotopic (exact) mass is 305 g/mol. The van der Waals surface area contributed by atoms with Crippen LogP contribution in [-0.4, -0.2) is 17.2 Å². The molecule has 1 amide bonds. The van der Waals surface area contributed by atoms with Gasteiger partial charge < -0.3 is 22.5 Å². The third-order valence-corrected chi connectivity index (χ3v) is 2.11. The zero-order chi connectivity index (χ0) is 10.8. The Labute approximate surface area is 125 Å². The van der Waals surface area contributed by atoms with Gasteiger partial charge in [-0.05, 0) is 6.07 Å². The van der Waals surface area contributed by atoms with E-state index in [0.29, 0.717) is 5.69 Å². The largest absolute Gasteiger partial charge is 0.417 e. The minimum absolute atomic E-state index is 0. The molecule has 2 rings (SSSR count). The van der Waals surface area contributed by atoms with Crippen molar-refractivity contribution in [2.45, 2.75) is 6.92 Å². The Morgan fingerprint density at radius 1 is 1.35 bits per heavy atom. The van der Waals surface area contributed by atoms with Gasteiger partial charge in [0.15, 0.2) is 0 Å². The fraction of sp³-hybridized carbons (Fsp3) is 0.0833. The van der Waals surface area contributed by atoms with E-state index in [4.69, 9.17) is 0 Å². The van der Waals surface area contributed by atoms with Crippen molar-refractivity contribution in [3.8, 4) is 0 Å². The summed E-state index contributed by atoms with van der Waals surface area (Å²) in [6.45, 7) is 1.40. The van der Waals surface area contributed by atoms with Crippen LogP contribution in [0.15, 0.2) is 24.3 Å². The summed E-state index contributed by atoms with van der Waals surface area (Å²) in [5.74, 6) is -0.212. The van der Waals surface area contributed by atoms with E-state index in [2.05, 4.69) is 10.3 Å². The van der Waals surface area contributed by atoms with Gasteiger partial charge in [0.05, 0.1) is 0 Å². The second-order valence-electron chi connectivity index (χ2n) is 3.20. The standard InChI is InChI=1S/C11H9N2O2.CH3.Y/c1-7(15)12-11-8-4-2-3-5-9(8)13-10(11)6-14;;/h2-5,13H,1H3,(H,12,15);1H3;/q2*-1;. The van der Waals surface area contributed by atoms with Crippen LogP contribution < -0.4 is 5.32 Å². The average Bonchev–Trinajstić information content (AvgIpc) is 2.56. The molecule has 2 aromatic rings. The molecule has 0 unspecified atom stereocenters. The van der Waals surface area contributed by atoms with Gasteiger partial charge in [-0.15, -0.1) is 0 Å². The summed E-state index contributed by atoms with van der Waals surface area (Å²) in [7, 11) is 0. The molecule has 17 heavy (non-hydrogen) atoms. The number of rotatable bonds is 2. The number of para-hydroxylation sites is 1. The van der Waals surface area contributed by atoms with Gasteiger partial charge in [-0.1, -0.05) is 35.0 Å². The van der Waals surface area contributed by atoms with Crippen molar-refractivity contribution in [1.29, 1.82) is 0 Å². The van der Waals surface area contributed by atoms with Crippen LogP contribution >= 0.6 is 0 Å². The molecule has 1 aromatic carbocycles. The molecule has 1 heterocycles. The van der Waals surface area contributed by atoms with Crippen LogP contribution in [0.5, 0.6) is 0 Å². The first kappa shape index (κ1) is 16.0. The maximum absolute atomic E-state index is 11.0. The van der Waals surface area contributed by atoms with Gasteiger partial charge in [0, 0.05) is 51.4 Å². The molecule has 0 saturated heterocycles. The van der Waals surface area contributed by atoms with E-state index in [0.717, 1.165) is 10.9 Å². The predicted octanol–water partition coefficient (Wildman–Crippen LogP) is 2.03. The van der Waals surface area contributed by atoms with Crippen molar-refractivity contribution in [3.63, 3.8) is 0 Å². The fourth-order valence-corrected chi connectivity index (χ4v) is 1.52. The van der Waals surface area contributed by atoms with E-state index < -0.39 is 0 Å². The third kappa shape index (κ3) is 3.24. The first-order chi connectivity index (χ1) is 7.22. The second kappa shape index (κ2) is 6.67. The number of carbonyl (C=O) groups excluding carboxylic acids is 2. The number of H-pyrrole nitrogens is 1. The zero-order valence-corrected chi connectivity index (χ0v) is 12.5. The Balaban J connectivity index is 0.00000128. The molecule has 5 heteroatoms. The first-order valence-corrected chi connectivity index (χ1v) is 4.49. The van der Waals surface area contributed by atoms with Crippen LogP contribution in [0.1, 0.15) is 12.6 Å². The van der Waals surface area contributed by atoms with Crippen LogP contribution in [0.25, 0.3) is 10.9 Å². The van der Waals surface area contributed by atoms with Gasteiger partial charge in [0.2, 0.25) is 5.91 Å². The van der Waals surface area contributed by atoms with Crippen LogP contribution in [0.2, 0.25) is 0 Å². The number of carbonyl (C=O) groups is 1. The Kier molecular flexibility index (Phi) is 6.28. The molecule has 87 valence electrons. The number of aromatic nitrogens is 1. The van der Waals surface area contributed by atoms with E-state index in [-0.39, 0.29) is 51.7 Å². The molecule has 0 aliphatic rings. The van der Waals surface area contributed by atoms with Crippen molar-refractivity contribution >= 4 is 28.8 Å². The summed E-state index contributed by atoms with van der Waals surface area (Å²) in [5.41, 5.74) is 1.57. The van der Waals surface area contributed by atoms with Crippen LogP contribution in [-0.2, 0) is 42.3 Å². The van der Waals surface area contributed by atoms with Crippen molar-refractivity contribution < 1.29 is 42.3 Å². The Morgan fingerprint density at radius 3 is 2.59 bits per heavy atom. The second-order valence-corrected chi connectivity index (χ2v) is 3.20. The Bertz CT molecular complexity index is 534. The van der Waals surface area contributed by atoms with Gasteiger partial charge in [0.25, 0.3) is 0 Å². The van der Waals surface area contributed by atoms with Crippen LogP contribution in [0.4, 0.5) is 5.69 Å². The molecule has 0 aliphatic heterocycles. The normalized spacial score (nSPS) is 9.00. The summed E-state index contributed by atoms with van der Waals surface area (Å²) in [5, 5.41) is 3.43. The van der Waals surface area contributed by atoms with E-state index >= 15 is 0 Å². The minimum Gasteiger partial charge on any atom is -0.417 e.